The molecule has 2 unspecified atom stereocenters. The molecule has 4 rings (SSSR count). The van der Waals surface area contributed by atoms with Crippen molar-refractivity contribution in [3.63, 3.8) is 0 Å². The molecule has 1 aliphatic rings. The molecule has 0 radical (unpaired) electrons. The number of nitrogens with zero attached hydrogens (tertiary/aromatic N) is 4. The van der Waals surface area contributed by atoms with Crippen molar-refractivity contribution in [3.05, 3.63) is 59.7 Å². The molecule has 1 aliphatic heterocycles. The van der Waals surface area contributed by atoms with Crippen molar-refractivity contribution in [2.45, 2.75) is 35.7 Å². The van der Waals surface area contributed by atoms with E-state index in [4.69, 9.17) is 0 Å². The van der Waals surface area contributed by atoms with Crippen molar-refractivity contribution in [3.8, 4) is 16.6 Å². The molecular weight excluding hydrogens is 433 g/mol. The Morgan fingerprint density at radius 1 is 1.29 bits per heavy atom. The van der Waals surface area contributed by atoms with Crippen molar-refractivity contribution in [1.82, 2.24) is 20.2 Å². The van der Waals surface area contributed by atoms with E-state index in [2.05, 4.69) is 21.5 Å². The second-order valence-corrected chi connectivity index (χ2v) is 9.57. The third kappa shape index (κ3) is 4.55. The number of amides is 1. The minimum Gasteiger partial charge on any atom is -0.345 e. The van der Waals surface area contributed by atoms with Gasteiger partial charge in [-0.15, -0.1) is 11.3 Å². The third-order valence-electron chi connectivity index (χ3n) is 5.32. The SMILES string of the molecule is CC1CN(C#N)C(C)[C@@H]1NC(=O)c1ncc(-c2cnccc2Sc2ccc(F)cc2)s1. The highest BCUT2D eigenvalue weighted by atomic mass is 32.2. The number of carbonyl (C=O) groups excluding carboxylic acids is 1. The van der Waals surface area contributed by atoms with Crippen LogP contribution in [0.1, 0.15) is 23.6 Å². The van der Waals surface area contributed by atoms with Gasteiger partial charge in [0.05, 0.1) is 17.0 Å². The zero-order chi connectivity index (χ0) is 22.0. The summed E-state index contributed by atoms with van der Waals surface area (Å²) >= 11 is 2.80. The molecule has 3 heterocycles. The van der Waals surface area contributed by atoms with Crippen molar-refractivity contribution >= 4 is 29.0 Å². The van der Waals surface area contributed by atoms with Crippen molar-refractivity contribution < 1.29 is 9.18 Å². The van der Waals surface area contributed by atoms with Crippen LogP contribution < -0.4 is 5.32 Å². The first-order chi connectivity index (χ1) is 15.0. The maximum atomic E-state index is 13.2. The van der Waals surface area contributed by atoms with E-state index >= 15 is 0 Å². The fraction of sp³-hybridized carbons (Fsp3) is 0.273. The molecule has 1 fully saturated rings. The third-order valence-corrected chi connectivity index (χ3v) is 7.44. The van der Waals surface area contributed by atoms with E-state index in [1.165, 1.54) is 35.2 Å². The Labute approximate surface area is 188 Å². The zero-order valence-electron chi connectivity index (χ0n) is 16.9. The monoisotopic (exact) mass is 453 g/mol. The Kier molecular flexibility index (Phi) is 6.20. The number of likely N-dealkylation sites (tertiary alicyclic amines) is 1. The Morgan fingerprint density at radius 2 is 2.06 bits per heavy atom. The lowest BCUT2D eigenvalue weighted by Gasteiger charge is -2.21. The summed E-state index contributed by atoms with van der Waals surface area (Å²) in [4.78, 5) is 25.7. The Hall–Kier alpha value is -2.96. The van der Waals surface area contributed by atoms with E-state index in [0.717, 1.165) is 20.2 Å². The Balaban J connectivity index is 1.52. The van der Waals surface area contributed by atoms with Gasteiger partial charge in [-0.2, -0.15) is 5.26 Å². The summed E-state index contributed by atoms with van der Waals surface area (Å²) in [5.74, 6) is -0.340. The highest BCUT2D eigenvalue weighted by Gasteiger charge is 2.37. The molecule has 3 atom stereocenters. The second-order valence-electron chi connectivity index (χ2n) is 7.43. The first-order valence-corrected chi connectivity index (χ1v) is 11.4. The average molecular weight is 454 g/mol. The predicted octanol–water partition coefficient (Wildman–Crippen LogP) is 4.42. The Bertz CT molecular complexity index is 1130. The van der Waals surface area contributed by atoms with Gasteiger partial charge in [0.2, 0.25) is 0 Å². The number of carbonyl (C=O) groups is 1. The lowest BCUT2D eigenvalue weighted by Crippen LogP contribution is -2.44. The number of nitrogens with one attached hydrogen (secondary N) is 1. The van der Waals surface area contributed by atoms with Gasteiger partial charge in [-0.25, -0.2) is 9.37 Å². The van der Waals surface area contributed by atoms with Gasteiger partial charge in [-0.3, -0.25) is 9.78 Å². The molecule has 0 saturated carbocycles. The molecular formula is C22H20FN5OS2. The molecule has 158 valence electrons. The zero-order valence-corrected chi connectivity index (χ0v) is 18.6. The number of hydrogen-bond acceptors (Lipinski definition) is 7. The quantitative estimate of drug-likeness (QED) is 0.576. The van der Waals surface area contributed by atoms with E-state index in [-0.39, 0.29) is 29.7 Å². The Morgan fingerprint density at radius 3 is 2.77 bits per heavy atom. The largest absolute Gasteiger partial charge is 0.345 e. The molecule has 0 spiro atoms. The maximum Gasteiger partial charge on any atom is 0.280 e. The van der Waals surface area contributed by atoms with E-state index in [1.54, 1.807) is 35.6 Å². The molecule has 0 bridgehead atoms. The van der Waals surface area contributed by atoms with Crippen molar-refractivity contribution in [2.24, 2.45) is 5.92 Å². The summed E-state index contributed by atoms with van der Waals surface area (Å²) in [5, 5.41) is 12.6. The average Bonchev–Trinajstić information content (AvgIpc) is 3.36. The van der Waals surface area contributed by atoms with Gasteiger partial charge in [0, 0.05) is 40.5 Å². The molecule has 0 aliphatic carbocycles. The number of benzene rings is 1. The second kappa shape index (κ2) is 9.04. The van der Waals surface area contributed by atoms with Crippen LogP contribution in [-0.4, -0.2) is 39.4 Å². The highest BCUT2D eigenvalue weighted by molar-refractivity contribution is 7.99. The van der Waals surface area contributed by atoms with Gasteiger partial charge in [0.15, 0.2) is 11.2 Å². The van der Waals surface area contributed by atoms with Crippen molar-refractivity contribution in [1.29, 1.82) is 5.26 Å². The molecule has 1 N–H and O–H groups in total. The standard InChI is InChI=1S/C22H20FN5OS2/c1-13-11-28(12-24)14(2)20(13)27-21(29)22-26-10-19(31-22)17-9-25-8-7-18(17)30-16-5-3-15(23)4-6-16/h3-10,13-14,20H,11H2,1-2H3,(H,27,29)/t13?,14?,20-/m1/s1. The van der Waals surface area contributed by atoms with Crippen LogP contribution in [0, 0.1) is 23.2 Å². The van der Waals surface area contributed by atoms with Crippen LogP contribution in [0.15, 0.2) is 58.7 Å². The van der Waals surface area contributed by atoms with Crippen LogP contribution in [0.4, 0.5) is 4.39 Å². The normalized spacial score (nSPS) is 20.5. The molecule has 9 heteroatoms. The molecule has 6 nitrogen and oxygen atoms in total. The lowest BCUT2D eigenvalue weighted by atomic mass is 10.0. The highest BCUT2D eigenvalue weighted by Crippen LogP contribution is 2.37. The number of nitriles is 1. The fourth-order valence-electron chi connectivity index (χ4n) is 3.66. The van der Waals surface area contributed by atoms with E-state index in [0.29, 0.717) is 11.6 Å². The summed E-state index contributed by atoms with van der Waals surface area (Å²) in [6.07, 6.45) is 7.30. The summed E-state index contributed by atoms with van der Waals surface area (Å²) in [6.45, 7) is 4.60. The fourth-order valence-corrected chi connectivity index (χ4v) is 5.49. The smallest absolute Gasteiger partial charge is 0.280 e. The first-order valence-electron chi connectivity index (χ1n) is 9.77. The lowest BCUT2D eigenvalue weighted by molar-refractivity contribution is 0.0923. The number of aromatic nitrogens is 2. The number of rotatable bonds is 5. The van der Waals surface area contributed by atoms with E-state index < -0.39 is 0 Å². The molecule has 3 aromatic rings. The van der Waals surface area contributed by atoms with Gasteiger partial charge >= 0.3 is 0 Å². The van der Waals surface area contributed by atoms with Gasteiger partial charge in [0.25, 0.3) is 5.91 Å². The summed E-state index contributed by atoms with van der Waals surface area (Å²) < 4.78 is 13.2. The minimum atomic E-state index is -0.277. The predicted molar refractivity (Wildman–Crippen MR) is 118 cm³/mol. The van der Waals surface area contributed by atoms with E-state index in [9.17, 15) is 14.4 Å². The number of halogens is 1. The van der Waals surface area contributed by atoms with Gasteiger partial charge in [0.1, 0.15) is 5.82 Å². The van der Waals surface area contributed by atoms with Crippen LogP contribution in [0.2, 0.25) is 0 Å². The summed E-state index contributed by atoms with van der Waals surface area (Å²) in [6, 6.07) is 8.03. The first kappa shape index (κ1) is 21.3. The molecule has 1 amide bonds. The number of hydrogen-bond donors (Lipinski definition) is 1. The van der Waals surface area contributed by atoms with Crippen LogP contribution in [-0.2, 0) is 0 Å². The van der Waals surface area contributed by atoms with Gasteiger partial charge < -0.3 is 10.2 Å². The summed E-state index contributed by atoms with van der Waals surface area (Å²) in [5.41, 5.74) is 0.867. The van der Waals surface area contributed by atoms with Gasteiger partial charge in [-0.05, 0) is 43.2 Å². The van der Waals surface area contributed by atoms with Crippen LogP contribution in [0.3, 0.4) is 0 Å². The van der Waals surface area contributed by atoms with E-state index in [1.807, 2.05) is 19.9 Å². The maximum absolute atomic E-state index is 13.2. The topological polar surface area (TPSA) is 81.9 Å². The minimum absolute atomic E-state index is 0.0552. The number of thiazole rings is 1. The van der Waals surface area contributed by atoms with Crippen LogP contribution >= 0.6 is 23.1 Å². The molecule has 1 saturated heterocycles. The van der Waals surface area contributed by atoms with Crippen molar-refractivity contribution in [2.75, 3.05) is 6.54 Å². The van der Waals surface area contributed by atoms with Crippen LogP contribution in [0.25, 0.3) is 10.4 Å². The molecule has 2 aromatic heterocycles. The summed E-state index contributed by atoms with van der Waals surface area (Å²) in [7, 11) is 0. The number of pyridine rings is 1. The van der Waals surface area contributed by atoms with Gasteiger partial charge in [-0.1, -0.05) is 18.7 Å². The molecule has 1 aromatic carbocycles. The van der Waals surface area contributed by atoms with Crippen LogP contribution in [0.5, 0.6) is 0 Å². The molecule has 31 heavy (non-hydrogen) atoms.